The summed E-state index contributed by atoms with van der Waals surface area (Å²) in [6, 6.07) is 10.4. The normalized spacial score (nSPS) is 19.4. The maximum absolute atomic E-state index is 6.29. The molecule has 20 heavy (non-hydrogen) atoms. The van der Waals surface area contributed by atoms with E-state index in [4.69, 9.17) is 4.74 Å². The minimum Gasteiger partial charge on any atom is -0.484 e. The van der Waals surface area contributed by atoms with Gasteiger partial charge in [-0.15, -0.1) is 11.3 Å². The molecule has 106 valence electrons. The van der Waals surface area contributed by atoms with Gasteiger partial charge in [0.2, 0.25) is 0 Å². The van der Waals surface area contributed by atoms with E-state index in [9.17, 15) is 0 Å². The zero-order chi connectivity index (χ0) is 14.1. The molecule has 0 radical (unpaired) electrons. The second-order valence-corrected chi connectivity index (χ2v) is 7.49. The molecule has 0 N–H and O–H groups in total. The van der Waals surface area contributed by atoms with E-state index in [2.05, 4.69) is 40.9 Å². The fourth-order valence-corrected chi connectivity index (χ4v) is 4.16. The molecular weight excluding hydrogens is 334 g/mol. The average molecular weight is 352 g/mol. The Morgan fingerprint density at radius 2 is 2.15 bits per heavy atom. The lowest BCUT2D eigenvalue weighted by molar-refractivity contribution is 0.181. The first-order chi connectivity index (χ1) is 9.63. The lowest BCUT2D eigenvalue weighted by Gasteiger charge is -2.19. The van der Waals surface area contributed by atoms with Crippen LogP contribution in [0.2, 0.25) is 0 Å². The van der Waals surface area contributed by atoms with Crippen molar-refractivity contribution < 1.29 is 4.74 Å². The Kier molecular flexibility index (Phi) is 4.15. The highest BCUT2D eigenvalue weighted by Gasteiger charge is 2.24. The van der Waals surface area contributed by atoms with Gasteiger partial charge in [0.15, 0.2) is 0 Å². The Bertz CT molecular complexity index is 610. The number of para-hydroxylation sites is 1. The maximum Gasteiger partial charge on any atom is 0.134 e. The Morgan fingerprint density at radius 1 is 1.35 bits per heavy atom. The van der Waals surface area contributed by atoms with E-state index < -0.39 is 0 Å². The van der Waals surface area contributed by atoms with E-state index in [1.54, 1.807) is 0 Å². The molecule has 1 aliphatic heterocycles. The SMILES string of the molecule is Cc1cc2c(s1)CN(C)CCC2Oc1ccccc1Br. The fourth-order valence-electron chi connectivity index (χ4n) is 2.61. The van der Waals surface area contributed by atoms with E-state index in [0.29, 0.717) is 0 Å². The number of benzene rings is 1. The number of thiophene rings is 1. The van der Waals surface area contributed by atoms with Gasteiger partial charge >= 0.3 is 0 Å². The number of halogens is 1. The van der Waals surface area contributed by atoms with Gasteiger partial charge < -0.3 is 9.64 Å². The van der Waals surface area contributed by atoms with Crippen LogP contribution >= 0.6 is 27.3 Å². The third-order valence-electron chi connectivity index (χ3n) is 3.60. The molecule has 1 atom stereocenters. The average Bonchev–Trinajstić information content (AvgIpc) is 2.70. The third kappa shape index (κ3) is 2.92. The maximum atomic E-state index is 6.29. The van der Waals surface area contributed by atoms with Crippen molar-refractivity contribution in [2.24, 2.45) is 0 Å². The topological polar surface area (TPSA) is 12.5 Å². The van der Waals surface area contributed by atoms with Crippen molar-refractivity contribution in [1.82, 2.24) is 4.90 Å². The van der Waals surface area contributed by atoms with Crippen molar-refractivity contribution >= 4 is 27.3 Å². The van der Waals surface area contributed by atoms with Crippen LogP contribution in [0.4, 0.5) is 0 Å². The predicted octanol–water partition coefficient (Wildman–Crippen LogP) is 4.77. The summed E-state index contributed by atoms with van der Waals surface area (Å²) < 4.78 is 7.31. The molecule has 0 saturated carbocycles. The van der Waals surface area contributed by atoms with Crippen LogP contribution in [-0.4, -0.2) is 18.5 Å². The molecule has 0 saturated heterocycles. The number of rotatable bonds is 2. The lowest BCUT2D eigenvalue weighted by atomic mass is 10.1. The first-order valence-corrected chi connectivity index (χ1v) is 8.43. The second kappa shape index (κ2) is 5.88. The van der Waals surface area contributed by atoms with Crippen LogP contribution in [-0.2, 0) is 6.54 Å². The van der Waals surface area contributed by atoms with Gasteiger partial charge in [0.25, 0.3) is 0 Å². The fraction of sp³-hybridized carbons (Fsp3) is 0.375. The second-order valence-electron chi connectivity index (χ2n) is 5.30. The standard InChI is InChI=1S/C16H18BrNOS/c1-11-9-12-14(7-8-18(2)10-16(12)20-11)19-15-6-4-3-5-13(15)17/h3-6,9,14H,7-8,10H2,1-2H3. The molecule has 0 amide bonds. The van der Waals surface area contributed by atoms with Crippen LogP contribution in [0.3, 0.4) is 0 Å². The van der Waals surface area contributed by atoms with Crippen LogP contribution in [0, 0.1) is 6.92 Å². The predicted molar refractivity (Wildman–Crippen MR) is 87.5 cm³/mol. The molecule has 1 aromatic heterocycles. The van der Waals surface area contributed by atoms with Gasteiger partial charge in [-0.05, 0) is 48.1 Å². The van der Waals surface area contributed by atoms with Gasteiger partial charge in [-0.2, -0.15) is 0 Å². The highest BCUT2D eigenvalue weighted by molar-refractivity contribution is 9.10. The highest BCUT2D eigenvalue weighted by atomic mass is 79.9. The van der Waals surface area contributed by atoms with E-state index in [-0.39, 0.29) is 6.10 Å². The summed E-state index contributed by atoms with van der Waals surface area (Å²) in [5, 5.41) is 0. The molecule has 0 spiro atoms. The van der Waals surface area contributed by atoms with Crippen molar-refractivity contribution in [3.8, 4) is 5.75 Å². The van der Waals surface area contributed by atoms with E-state index in [0.717, 1.165) is 29.7 Å². The van der Waals surface area contributed by atoms with Crippen molar-refractivity contribution in [2.75, 3.05) is 13.6 Å². The van der Waals surface area contributed by atoms with Crippen molar-refractivity contribution in [3.63, 3.8) is 0 Å². The van der Waals surface area contributed by atoms with Crippen molar-refractivity contribution in [3.05, 3.63) is 50.1 Å². The summed E-state index contributed by atoms with van der Waals surface area (Å²) >= 11 is 5.46. The molecule has 2 aromatic rings. The van der Waals surface area contributed by atoms with Crippen LogP contribution in [0.25, 0.3) is 0 Å². The smallest absolute Gasteiger partial charge is 0.134 e. The van der Waals surface area contributed by atoms with E-state index in [1.807, 2.05) is 35.6 Å². The molecule has 0 fully saturated rings. The third-order valence-corrected chi connectivity index (χ3v) is 5.31. The number of aryl methyl sites for hydroxylation is 1. The Labute approximate surface area is 132 Å². The molecule has 1 unspecified atom stereocenters. The molecule has 4 heteroatoms. The largest absolute Gasteiger partial charge is 0.484 e. The minimum absolute atomic E-state index is 0.151. The number of nitrogens with zero attached hydrogens (tertiary/aromatic N) is 1. The van der Waals surface area contributed by atoms with Gasteiger partial charge in [0.05, 0.1) is 4.47 Å². The van der Waals surface area contributed by atoms with Gasteiger partial charge in [-0.25, -0.2) is 0 Å². The summed E-state index contributed by atoms with van der Waals surface area (Å²) in [6.45, 7) is 4.27. The van der Waals surface area contributed by atoms with Gasteiger partial charge in [-0.3, -0.25) is 0 Å². The molecule has 0 aliphatic carbocycles. The molecule has 2 heterocycles. The van der Waals surface area contributed by atoms with Crippen molar-refractivity contribution in [1.29, 1.82) is 0 Å². The molecule has 0 bridgehead atoms. The molecule has 1 aliphatic rings. The van der Waals surface area contributed by atoms with Crippen molar-refractivity contribution in [2.45, 2.75) is 26.0 Å². The summed E-state index contributed by atoms with van der Waals surface area (Å²) in [5.74, 6) is 0.928. The quantitative estimate of drug-likeness (QED) is 0.772. The molecular formula is C16H18BrNOS. The Hall–Kier alpha value is -0.840. The number of fused-ring (bicyclic) bond motifs is 1. The minimum atomic E-state index is 0.151. The van der Waals surface area contributed by atoms with Gasteiger partial charge in [0, 0.05) is 34.8 Å². The first kappa shape index (κ1) is 14.1. The highest BCUT2D eigenvalue weighted by Crippen LogP contribution is 2.37. The molecule has 2 nitrogen and oxygen atoms in total. The summed E-state index contributed by atoms with van der Waals surface area (Å²) in [6.07, 6.45) is 1.18. The number of hydrogen-bond donors (Lipinski definition) is 0. The molecule has 3 rings (SSSR count). The zero-order valence-electron chi connectivity index (χ0n) is 11.7. The van der Waals surface area contributed by atoms with Crippen LogP contribution in [0.5, 0.6) is 5.75 Å². The summed E-state index contributed by atoms with van der Waals surface area (Å²) in [4.78, 5) is 5.18. The lowest BCUT2D eigenvalue weighted by Crippen LogP contribution is -2.18. The van der Waals surface area contributed by atoms with E-state index >= 15 is 0 Å². The zero-order valence-corrected chi connectivity index (χ0v) is 14.1. The number of ether oxygens (including phenoxy) is 1. The monoisotopic (exact) mass is 351 g/mol. The summed E-state index contributed by atoms with van der Waals surface area (Å²) in [7, 11) is 2.18. The van der Waals surface area contributed by atoms with Gasteiger partial charge in [0.1, 0.15) is 11.9 Å². The van der Waals surface area contributed by atoms with E-state index in [1.165, 1.54) is 15.3 Å². The van der Waals surface area contributed by atoms with Crippen LogP contribution in [0.1, 0.15) is 27.8 Å². The van der Waals surface area contributed by atoms with Crippen LogP contribution < -0.4 is 4.74 Å². The molecule has 1 aromatic carbocycles. The summed E-state index contributed by atoms with van der Waals surface area (Å²) in [5.41, 5.74) is 1.37. The van der Waals surface area contributed by atoms with Crippen LogP contribution in [0.15, 0.2) is 34.8 Å². The Balaban J connectivity index is 1.91. The van der Waals surface area contributed by atoms with Gasteiger partial charge in [-0.1, -0.05) is 12.1 Å². The Morgan fingerprint density at radius 3 is 2.95 bits per heavy atom. The first-order valence-electron chi connectivity index (χ1n) is 6.82. The number of hydrogen-bond acceptors (Lipinski definition) is 3.